The second-order valence-corrected chi connectivity index (χ2v) is 8.43. The van der Waals surface area contributed by atoms with E-state index in [2.05, 4.69) is 0 Å². The van der Waals surface area contributed by atoms with Gasteiger partial charge in [0.1, 0.15) is 0 Å². The Hall–Kier alpha value is -5.65. The molecular formula is C27H20N4O8. The number of carbonyl (C=O) groups is 1. The number of anilines is 3. The molecule has 0 aliphatic heterocycles. The topological polar surface area (TPSA) is 159 Å². The summed E-state index contributed by atoms with van der Waals surface area (Å²) in [5, 5.41) is 34.8. The molecule has 4 rings (SSSR count). The average Bonchev–Trinajstić information content (AvgIpc) is 2.90. The summed E-state index contributed by atoms with van der Waals surface area (Å²) in [5.74, 6) is -0.863. The fourth-order valence-corrected chi connectivity index (χ4v) is 3.87. The quantitative estimate of drug-likeness (QED) is 0.124. The van der Waals surface area contributed by atoms with Gasteiger partial charge in [0.25, 0.3) is 11.4 Å². The van der Waals surface area contributed by atoms with Gasteiger partial charge in [-0.05, 0) is 62.4 Å². The number of aryl methyl sites for hydroxylation is 1. The summed E-state index contributed by atoms with van der Waals surface area (Å²) in [5.41, 5.74) is 0.431. The number of nitro groups is 3. The van der Waals surface area contributed by atoms with Crippen molar-refractivity contribution in [3.05, 3.63) is 126 Å². The summed E-state index contributed by atoms with van der Waals surface area (Å²) in [7, 11) is 0. The van der Waals surface area contributed by atoms with E-state index in [1.165, 1.54) is 13.0 Å². The Morgan fingerprint density at radius 2 is 1.26 bits per heavy atom. The van der Waals surface area contributed by atoms with Crippen molar-refractivity contribution in [2.24, 2.45) is 0 Å². The third-order valence-corrected chi connectivity index (χ3v) is 5.78. The molecule has 12 heteroatoms. The number of carbonyl (C=O) groups excluding carboxylic acids is 1. The normalized spacial score (nSPS) is 10.5. The van der Waals surface area contributed by atoms with Gasteiger partial charge in [-0.2, -0.15) is 0 Å². The number of para-hydroxylation sites is 2. The molecule has 0 amide bonds. The molecular weight excluding hydrogens is 508 g/mol. The number of ketones is 1. The highest BCUT2D eigenvalue weighted by Crippen LogP contribution is 2.47. The molecule has 0 bridgehead atoms. The third-order valence-electron chi connectivity index (χ3n) is 5.78. The van der Waals surface area contributed by atoms with Crippen molar-refractivity contribution in [2.45, 2.75) is 13.8 Å². The van der Waals surface area contributed by atoms with Crippen molar-refractivity contribution < 1.29 is 24.3 Å². The van der Waals surface area contributed by atoms with Gasteiger partial charge in [-0.15, -0.1) is 0 Å². The van der Waals surface area contributed by atoms with Crippen molar-refractivity contribution in [2.75, 3.05) is 4.90 Å². The first-order chi connectivity index (χ1) is 18.6. The molecule has 0 N–H and O–H groups in total. The van der Waals surface area contributed by atoms with Crippen LogP contribution in [0.2, 0.25) is 0 Å². The maximum Gasteiger partial charge on any atom is 0.325 e. The van der Waals surface area contributed by atoms with Gasteiger partial charge in [0.2, 0.25) is 0 Å². The van der Waals surface area contributed by atoms with Crippen LogP contribution in [0.4, 0.5) is 34.1 Å². The highest BCUT2D eigenvalue weighted by molar-refractivity contribution is 5.94. The first kappa shape index (κ1) is 26.4. The predicted octanol–water partition coefficient (Wildman–Crippen LogP) is 7.18. The molecule has 0 unspecified atom stereocenters. The van der Waals surface area contributed by atoms with Crippen LogP contribution < -0.4 is 9.64 Å². The van der Waals surface area contributed by atoms with Gasteiger partial charge < -0.3 is 9.64 Å². The SMILES string of the molecule is CC(=O)c1ccc(N(c2ccc(C)cc2)c2ccccc2Oc2c([N+](=O)[O-])cc([N+](=O)[O-])cc2[N+](=O)[O-])cc1. The average molecular weight is 528 g/mol. The van der Waals surface area contributed by atoms with E-state index >= 15 is 0 Å². The van der Waals surface area contributed by atoms with Gasteiger partial charge >= 0.3 is 11.4 Å². The lowest BCUT2D eigenvalue weighted by molar-refractivity contribution is -0.404. The standard InChI is InChI=1S/C27H20N4O8/c1-17-7-11-20(12-8-17)28(21-13-9-19(10-14-21)18(2)32)23-5-3-4-6-26(23)39-27-24(30(35)36)15-22(29(33)34)16-25(27)31(37)38/h3-16H,1-2H3. The number of benzene rings is 4. The molecule has 0 aliphatic rings. The number of non-ortho nitro benzene ring substituents is 1. The van der Waals surface area contributed by atoms with Crippen LogP contribution in [0, 0.1) is 37.3 Å². The number of hydrogen-bond acceptors (Lipinski definition) is 9. The fraction of sp³-hybridized carbons (Fsp3) is 0.0741. The minimum Gasteiger partial charge on any atom is -0.442 e. The van der Waals surface area contributed by atoms with Gasteiger partial charge in [0.15, 0.2) is 11.5 Å². The van der Waals surface area contributed by atoms with Crippen LogP contribution in [0.1, 0.15) is 22.8 Å². The molecule has 0 spiro atoms. The Morgan fingerprint density at radius 1 is 0.744 bits per heavy atom. The molecule has 0 fully saturated rings. The maximum atomic E-state index is 11.8. The van der Waals surface area contributed by atoms with Crippen LogP contribution in [0.25, 0.3) is 0 Å². The zero-order valence-corrected chi connectivity index (χ0v) is 20.6. The number of nitrogens with zero attached hydrogens (tertiary/aromatic N) is 4. The molecule has 0 aromatic heterocycles. The Kier molecular flexibility index (Phi) is 7.29. The van der Waals surface area contributed by atoms with Crippen molar-refractivity contribution in [1.82, 2.24) is 0 Å². The predicted molar refractivity (Wildman–Crippen MR) is 142 cm³/mol. The molecule has 4 aromatic carbocycles. The smallest absolute Gasteiger partial charge is 0.325 e. The summed E-state index contributed by atoms with van der Waals surface area (Å²) in [4.78, 5) is 45.5. The van der Waals surface area contributed by atoms with E-state index in [0.717, 1.165) is 5.56 Å². The Labute approximate surface area is 221 Å². The minimum absolute atomic E-state index is 0.00812. The molecule has 0 aliphatic carbocycles. The van der Waals surface area contributed by atoms with Gasteiger partial charge in [0, 0.05) is 16.9 Å². The summed E-state index contributed by atoms with van der Waals surface area (Å²) in [6.07, 6.45) is 0. The van der Waals surface area contributed by atoms with E-state index < -0.39 is 37.6 Å². The van der Waals surface area contributed by atoms with E-state index in [-0.39, 0.29) is 11.5 Å². The number of nitro benzene ring substituents is 3. The second kappa shape index (κ2) is 10.8. The maximum absolute atomic E-state index is 11.8. The van der Waals surface area contributed by atoms with E-state index in [1.807, 2.05) is 31.2 Å². The van der Waals surface area contributed by atoms with Gasteiger partial charge in [-0.3, -0.25) is 35.1 Å². The lowest BCUT2D eigenvalue weighted by Gasteiger charge is -2.27. The molecule has 0 saturated heterocycles. The highest BCUT2D eigenvalue weighted by Gasteiger charge is 2.33. The molecule has 0 heterocycles. The number of ether oxygens (including phenoxy) is 1. The number of rotatable bonds is 9. The number of Topliss-reactive ketones (excluding diaryl/α,β-unsaturated/α-hetero) is 1. The van der Waals surface area contributed by atoms with Crippen LogP contribution in [-0.2, 0) is 0 Å². The van der Waals surface area contributed by atoms with Gasteiger partial charge in [-0.25, -0.2) is 0 Å². The summed E-state index contributed by atoms with van der Waals surface area (Å²) < 4.78 is 5.84. The van der Waals surface area contributed by atoms with Crippen molar-refractivity contribution >= 4 is 39.9 Å². The Morgan fingerprint density at radius 3 is 1.74 bits per heavy atom. The van der Waals surface area contributed by atoms with E-state index in [1.54, 1.807) is 47.4 Å². The fourth-order valence-electron chi connectivity index (χ4n) is 3.87. The molecule has 0 saturated carbocycles. The molecule has 0 radical (unpaired) electrons. The second-order valence-electron chi connectivity index (χ2n) is 8.43. The van der Waals surface area contributed by atoms with Crippen molar-refractivity contribution in [3.63, 3.8) is 0 Å². The van der Waals surface area contributed by atoms with Crippen LogP contribution >= 0.6 is 0 Å². The van der Waals surface area contributed by atoms with Crippen LogP contribution in [-0.4, -0.2) is 20.6 Å². The zero-order valence-electron chi connectivity index (χ0n) is 20.6. The van der Waals surface area contributed by atoms with Gasteiger partial charge in [0.05, 0.1) is 32.6 Å². The van der Waals surface area contributed by atoms with Gasteiger partial charge in [-0.1, -0.05) is 29.8 Å². The zero-order chi connectivity index (χ0) is 28.3. The highest BCUT2D eigenvalue weighted by atomic mass is 16.6. The molecule has 39 heavy (non-hydrogen) atoms. The molecule has 12 nitrogen and oxygen atoms in total. The largest absolute Gasteiger partial charge is 0.442 e. The monoisotopic (exact) mass is 528 g/mol. The lowest BCUT2D eigenvalue weighted by atomic mass is 10.1. The van der Waals surface area contributed by atoms with E-state index in [0.29, 0.717) is 34.8 Å². The third kappa shape index (κ3) is 5.54. The summed E-state index contributed by atoms with van der Waals surface area (Å²) >= 11 is 0. The number of hydrogen-bond donors (Lipinski definition) is 0. The first-order valence-corrected chi connectivity index (χ1v) is 11.4. The molecule has 4 aromatic rings. The van der Waals surface area contributed by atoms with Crippen LogP contribution in [0.3, 0.4) is 0 Å². The molecule has 0 atom stereocenters. The van der Waals surface area contributed by atoms with Crippen LogP contribution in [0.15, 0.2) is 84.9 Å². The van der Waals surface area contributed by atoms with E-state index in [9.17, 15) is 35.1 Å². The summed E-state index contributed by atoms with van der Waals surface area (Å²) in [6.45, 7) is 3.36. The van der Waals surface area contributed by atoms with Crippen molar-refractivity contribution in [3.8, 4) is 11.5 Å². The molecule has 196 valence electrons. The first-order valence-electron chi connectivity index (χ1n) is 11.4. The van der Waals surface area contributed by atoms with E-state index in [4.69, 9.17) is 4.74 Å². The Balaban J connectivity index is 1.92. The Bertz CT molecular complexity index is 1570. The van der Waals surface area contributed by atoms with Crippen LogP contribution in [0.5, 0.6) is 11.5 Å². The minimum atomic E-state index is -0.976. The van der Waals surface area contributed by atoms with Crippen molar-refractivity contribution in [1.29, 1.82) is 0 Å². The lowest BCUT2D eigenvalue weighted by Crippen LogP contribution is -2.11. The summed E-state index contributed by atoms with van der Waals surface area (Å²) in [6, 6.07) is 21.8.